The first kappa shape index (κ1) is 22.7. The minimum atomic E-state index is -3.65. The van der Waals surface area contributed by atoms with Crippen molar-refractivity contribution in [1.29, 1.82) is 0 Å². The largest absolute Gasteiger partial charge is 0.378 e. The molecule has 0 saturated carbocycles. The highest BCUT2D eigenvalue weighted by Crippen LogP contribution is 2.29. The number of rotatable bonds is 4. The SMILES string of the molecule is O=C(c1csc(S(=O)(=O)N2CCC(C(=O)N3CCCCCC3)CC2)c1)N1CCOCC1. The van der Waals surface area contributed by atoms with Crippen molar-refractivity contribution in [2.45, 2.75) is 42.7 Å². The molecule has 0 aromatic carbocycles. The van der Waals surface area contributed by atoms with E-state index in [-0.39, 0.29) is 21.9 Å². The van der Waals surface area contributed by atoms with Crippen molar-refractivity contribution in [2.24, 2.45) is 5.92 Å². The molecule has 0 bridgehead atoms. The van der Waals surface area contributed by atoms with E-state index < -0.39 is 10.0 Å². The average Bonchev–Trinajstić information content (AvgIpc) is 3.16. The molecule has 0 unspecified atom stereocenters. The molecule has 4 rings (SSSR count). The molecule has 0 aliphatic carbocycles. The van der Waals surface area contributed by atoms with Gasteiger partial charge >= 0.3 is 0 Å². The van der Waals surface area contributed by atoms with Gasteiger partial charge in [0.2, 0.25) is 5.91 Å². The van der Waals surface area contributed by atoms with Crippen molar-refractivity contribution in [3.05, 3.63) is 17.0 Å². The van der Waals surface area contributed by atoms with Crippen LogP contribution in [0.3, 0.4) is 0 Å². The smallest absolute Gasteiger partial charge is 0.254 e. The van der Waals surface area contributed by atoms with E-state index in [0.29, 0.717) is 57.8 Å². The second-order valence-corrected chi connectivity index (χ2v) is 11.6. The lowest BCUT2D eigenvalue weighted by molar-refractivity contribution is -0.136. The fourth-order valence-corrected chi connectivity index (χ4v) is 7.31. The van der Waals surface area contributed by atoms with E-state index in [9.17, 15) is 18.0 Å². The van der Waals surface area contributed by atoms with Crippen molar-refractivity contribution in [1.82, 2.24) is 14.1 Å². The topological polar surface area (TPSA) is 87.2 Å². The number of hydrogen-bond acceptors (Lipinski definition) is 6. The molecule has 3 aliphatic rings. The molecule has 31 heavy (non-hydrogen) atoms. The van der Waals surface area contributed by atoms with Crippen LogP contribution in [0.2, 0.25) is 0 Å². The molecule has 3 fully saturated rings. The third kappa shape index (κ3) is 5.13. The van der Waals surface area contributed by atoms with Crippen molar-refractivity contribution in [3.63, 3.8) is 0 Å². The third-order valence-electron chi connectivity index (χ3n) is 6.44. The molecule has 10 heteroatoms. The minimum absolute atomic E-state index is 0.0913. The van der Waals surface area contributed by atoms with Crippen molar-refractivity contribution < 1.29 is 22.7 Å². The number of ether oxygens (including phenoxy) is 1. The van der Waals surface area contributed by atoms with Gasteiger partial charge in [-0.15, -0.1) is 11.3 Å². The number of amides is 2. The van der Waals surface area contributed by atoms with Crippen LogP contribution in [0.5, 0.6) is 0 Å². The Bertz CT molecular complexity index is 879. The normalized spacial score (nSPS) is 22.3. The van der Waals surface area contributed by atoms with Crippen LogP contribution < -0.4 is 0 Å². The summed E-state index contributed by atoms with van der Waals surface area (Å²) in [7, 11) is -3.65. The van der Waals surface area contributed by atoms with Gasteiger partial charge < -0.3 is 14.5 Å². The molecule has 8 nitrogen and oxygen atoms in total. The predicted molar refractivity (Wildman–Crippen MR) is 118 cm³/mol. The Hall–Kier alpha value is -1.49. The Balaban J connectivity index is 1.36. The summed E-state index contributed by atoms with van der Waals surface area (Å²) in [5.41, 5.74) is 0.414. The number of likely N-dealkylation sites (tertiary alicyclic amines) is 1. The first-order valence-electron chi connectivity index (χ1n) is 11.2. The number of hydrogen-bond donors (Lipinski definition) is 0. The number of thiophene rings is 1. The Morgan fingerprint density at radius 2 is 1.55 bits per heavy atom. The zero-order chi connectivity index (χ0) is 21.8. The Kier molecular flexibility index (Phi) is 7.30. The van der Waals surface area contributed by atoms with Gasteiger partial charge in [-0.05, 0) is 31.7 Å². The molecule has 4 heterocycles. The Labute approximate surface area is 188 Å². The maximum Gasteiger partial charge on any atom is 0.254 e. The standard InChI is InChI=1S/C21H31N3O5S2/c25-20(22-7-3-1-2-4-8-22)17-5-9-24(10-6-17)31(27,28)19-15-18(16-30-19)21(26)23-11-13-29-14-12-23/h15-17H,1-14H2. The molecule has 1 aromatic rings. The van der Waals surface area contributed by atoms with Crippen LogP contribution in [-0.4, -0.2) is 86.8 Å². The van der Waals surface area contributed by atoms with Crippen LogP contribution in [0.4, 0.5) is 0 Å². The molecule has 0 spiro atoms. The van der Waals surface area contributed by atoms with Crippen LogP contribution in [0.1, 0.15) is 48.9 Å². The molecule has 172 valence electrons. The van der Waals surface area contributed by atoms with Crippen molar-refractivity contribution in [3.8, 4) is 0 Å². The van der Waals surface area contributed by atoms with Gasteiger partial charge in [-0.2, -0.15) is 4.31 Å². The molecule has 0 N–H and O–H groups in total. The fourth-order valence-electron chi connectivity index (χ4n) is 4.53. The minimum Gasteiger partial charge on any atom is -0.378 e. The molecule has 1 aromatic heterocycles. The van der Waals surface area contributed by atoms with Gasteiger partial charge in [0, 0.05) is 50.6 Å². The quantitative estimate of drug-likeness (QED) is 0.673. The number of carbonyl (C=O) groups is 2. The summed E-state index contributed by atoms with van der Waals surface area (Å²) in [5, 5.41) is 1.63. The van der Waals surface area contributed by atoms with Gasteiger partial charge in [0.05, 0.1) is 18.8 Å². The summed E-state index contributed by atoms with van der Waals surface area (Å²) in [6, 6.07) is 1.49. The van der Waals surface area contributed by atoms with E-state index in [1.807, 2.05) is 4.90 Å². The summed E-state index contributed by atoms with van der Waals surface area (Å²) in [6.45, 7) is 4.40. The Morgan fingerprint density at radius 1 is 0.903 bits per heavy atom. The van der Waals surface area contributed by atoms with Gasteiger partial charge in [-0.3, -0.25) is 9.59 Å². The summed E-state index contributed by atoms with van der Waals surface area (Å²) >= 11 is 1.09. The van der Waals surface area contributed by atoms with E-state index in [2.05, 4.69) is 0 Å². The maximum absolute atomic E-state index is 13.1. The summed E-state index contributed by atoms with van der Waals surface area (Å²) in [5.74, 6) is -0.0532. The lowest BCUT2D eigenvalue weighted by Gasteiger charge is -2.33. The highest BCUT2D eigenvalue weighted by atomic mass is 32.2. The summed E-state index contributed by atoms with van der Waals surface area (Å²) < 4.78 is 33.2. The van der Waals surface area contributed by atoms with E-state index in [4.69, 9.17) is 4.74 Å². The van der Waals surface area contributed by atoms with E-state index in [0.717, 1.165) is 37.3 Å². The highest BCUT2D eigenvalue weighted by Gasteiger charge is 2.35. The second-order valence-electron chi connectivity index (χ2n) is 8.48. The van der Waals surface area contributed by atoms with Crippen LogP contribution in [0.25, 0.3) is 0 Å². The molecule has 3 aliphatic heterocycles. The monoisotopic (exact) mass is 469 g/mol. The summed E-state index contributed by atoms with van der Waals surface area (Å²) in [4.78, 5) is 29.2. The summed E-state index contributed by atoms with van der Waals surface area (Å²) in [6.07, 6.45) is 5.58. The average molecular weight is 470 g/mol. The number of nitrogens with zero attached hydrogens (tertiary/aromatic N) is 3. The van der Waals surface area contributed by atoms with Crippen molar-refractivity contribution in [2.75, 3.05) is 52.5 Å². The first-order chi connectivity index (χ1) is 15.0. The number of carbonyl (C=O) groups excluding carboxylic acids is 2. The first-order valence-corrected chi connectivity index (χ1v) is 13.5. The molecule has 3 saturated heterocycles. The lowest BCUT2D eigenvalue weighted by Crippen LogP contribution is -2.44. The Morgan fingerprint density at radius 3 is 2.19 bits per heavy atom. The van der Waals surface area contributed by atoms with Gasteiger partial charge in [0.1, 0.15) is 4.21 Å². The van der Waals surface area contributed by atoms with E-state index in [1.165, 1.54) is 23.2 Å². The number of morpholine rings is 1. The third-order valence-corrected chi connectivity index (χ3v) is 9.75. The van der Waals surface area contributed by atoms with E-state index in [1.54, 1.807) is 10.3 Å². The maximum atomic E-state index is 13.1. The van der Waals surface area contributed by atoms with Crippen LogP contribution in [0, 0.1) is 5.92 Å². The predicted octanol–water partition coefficient (Wildman–Crippen LogP) is 2.02. The molecular formula is C21H31N3O5S2. The molecular weight excluding hydrogens is 438 g/mol. The zero-order valence-corrected chi connectivity index (χ0v) is 19.5. The molecule has 0 atom stereocenters. The fraction of sp³-hybridized carbons (Fsp3) is 0.714. The van der Waals surface area contributed by atoms with Gasteiger partial charge in [0.15, 0.2) is 0 Å². The molecule has 0 radical (unpaired) electrons. The van der Waals surface area contributed by atoms with E-state index >= 15 is 0 Å². The van der Waals surface area contributed by atoms with Gasteiger partial charge in [0.25, 0.3) is 15.9 Å². The zero-order valence-electron chi connectivity index (χ0n) is 17.8. The van der Waals surface area contributed by atoms with Crippen LogP contribution >= 0.6 is 11.3 Å². The second kappa shape index (κ2) is 9.97. The lowest BCUT2D eigenvalue weighted by atomic mass is 9.96. The highest BCUT2D eigenvalue weighted by molar-refractivity contribution is 7.91. The van der Waals surface area contributed by atoms with Gasteiger partial charge in [-0.1, -0.05) is 12.8 Å². The van der Waals surface area contributed by atoms with Crippen LogP contribution in [-0.2, 0) is 19.6 Å². The molecule has 2 amide bonds. The number of piperidine rings is 1. The van der Waals surface area contributed by atoms with Gasteiger partial charge in [-0.25, -0.2) is 8.42 Å². The number of sulfonamides is 1. The van der Waals surface area contributed by atoms with Crippen LogP contribution in [0.15, 0.2) is 15.7 Å². The van der Waals surface area contributed by atoms with Crippen molar-refractivity contribution >= 4 is 33.2 Å².